The molecule has 0 unspecified atom stereocenters. The second kappa shape index (κ2) is 3.71. The Kier molecular flexibility index (Phi) is 2.21. The van der Waals surface area contributed by atoms with Crippen LogP contribution in [0.4, 0.5) is 5.69 Å². The minimum atomic E-state index is -1.17. The van der Waals surface area contributed by atoms with Gasteiger partial charge in [0.2, 0.25) is 11.4 Å². The van der Waals surface area contributed by atoms with E-state index in [2.05, 4.69) is 0 Å². The van der Waals surface area contributed by atoms with Gasteiger partial charge in [0.1, 0.15) is 0 Å². The molecular weight excluding hydrogens is 274 g/mol. The van der Waals surface area contributed by atoms with Gasteiger partial charge in [0.05, 0.1) is 4.92 Å². The van der Waals surface area contributed by atoms with Crippen LogP contribution in [0, 0.1) is 22.0 Å². The molecule has 6 nitrogen and oxygen atoms in total. The molecule has 0 aromatic heterocycles. The van der Waals surface area contributed by atoms with Crippen LogP contribution in [-0.4, -0.2) is 16.7 Å². The number of nitro groups is 1. The van der Waals surface area contributed by atoms with Gasteiger partial charge in [0.15, 0.2) is 0 Å². The Morgan fingerprint density at radius 1 is 1.33 bits per heavy atom. The highest BCUT2D eigenvalue weighted by Gasteiger charge is 2.73. The van der Waals surface area contributed by atoms with E-state index < -0.39 is 22.3 Å². The van der Waals surface area contributed by atoms with Gasteiger partial charge in [-0.2, -0.15) is 0 Å². The van der Waals surface area contributed by atoms with E-state index >= 15 is 0 Å². The number of allylic oxidation sites excluding steroid dienone is 1. The number of esters is 1. The molecule has 0 N–H and O–H groups in total. The van der Waals surface area contributed by atoms with Crippen molar-refractivity contribution in [1.29, 1.82) is 0 Å². The molecular formula is C15H13NO5. The first-order valence-electron chi connectivity index (χ1n) is 6.82. The topological polar surface area (TPSA) is 78.7 Å². The third kappa shape index (κ3) is 1.38. The smallest absolute Gasteiger partial charge is 0.346 e. The highest BCUT2D eigenvalue weighted by Crippen LogP contribution is 2.62. The van der Waals surface area contributed by atoms with Crippen molar-refractivity contribution in [2.45, 2.75) is 24.7 Å². The molecule has 0 spiro atoms. The van der Waals surface area contributed by atoms with E-state index in [9.17, 15) is 14.9 Å². The van der Waals surface area contributed by atoms with Crippen LogP contribution in [0.2, 0.25) is 0 Å². The Bertz CT molecular complexity index is 682. The third-order valence-corrected chi connectivity index (χ3v) is 4.78. The number of carbonyl (C=O) groups is 1. The van der Waals surface area contributed by atoms with Crippen molar-refractivity contribution in [2.24, 2.45) is 11.8 Å². The fourth-order valence-electron chi connectivity index (χ4n) is 3.81. The summed E-state index contributed by atoms with van der Waals surface area (Å²) in [6.45, 7) is 1.79. The molecule has 108 valence electrons. The standard InChI is InChI=1S/C15H13NO5/c1-14-11-3-2-4-12(11)15(21-14,13(17)20-14)9-5-7-10(8-6-9)16(18)19/h2,4-8,11-12H,3H2,1H3/t11-,12+,14-,15+/m0/s1. The fraction of sp³-hybridized carbons (Fsp3) is 0.400. The second-order valence-corrected chi connectivity index (χ2v) is 5.84. The van der Waals surface area contributed by atoms with E-state index in [4.69, 9.17) is 9.47 Å². The predicted molar refractivity (Wildman–Crippen MR) is 71.1 cm³/mol. The largest absolute Gasteiger partial charge is 0.431 e. The number of nitro benzene ring substituents is 1. The predicted octanol–water partition coefficient (Wildman–Crippen LogP) is 2.29. The van der Waals surface area contributed by atoms with Crippen molar-refractivity contribution in [3.63, 3.8) is 0 Å². The molecule has 4 rings (SSSR count). The average molecular weight is 287 g/mol. The van der Waals surface area contributed by atoms with Crippen molar-refractivity contribution in [1.82, 2.24) is 0 Å². The van der Waals surface area contributed by atoms with Crippen LogP contribution in [0.25, 0.3) is 0 Å². The number of rotatable bonds is 2. The molecule has 0 amide bonds. The molecule has 2 saturated heterocycles. The van der Waals surface area contributed by atoms with Gasteiger partial charge >= 0.3 is 5.97 Å². The van der Waals surface area contributed by atoms with E-state index in [0.717, 1.165) is 6.42 Å². The Morgan fingerprint density at radius 2 is 2.05 bits per heavy atom. The van der Waals surface area contributed by atoms with Gasteiger partial charge in [-0.25, -0.2) is 4.79 Å². The molecule has 6 heteroatoms. The van der Waals surface area contributed by atoms with Crippen LogP contribution < -0.4 is 0 Å². The average Bonchev–Trinajstić information content (AvgIpc) is 3.08. The van der Waals surface area contributed by atoms with Crippen LogP contribution in [0.15, 0.2) is 36.4 Å². The lowest BCUT2D eigenvalue weighted by molar-refractivity contribution is -0.384. The monoisotopic (exact) mass is 287 g/mol. The summed E-state index contributed by atoms with van der Waals surface area (Å²) in [5.74, 6) is -1.30. The molecule has 1 aromatic carbocycles. The van der Waals surface area contributed by atoms with Crippen LogP contribution in [0.5, 0.6) is 0 Å². The zero-order valence-electron chi connectivity index (χ0n) is 11.3. The van der Waals surface area contributed by atoms with E-state index in [1.807, 2.05) is 12.2 Å². The lowest BCUT2D eigenvalue weighted by atomic mass is 9.75. The summed E-state index contributed by atoms with van der Waals surface area (Å²) in [5, 5.41) is 10.8. The second-order valence-electron chi connectivity index (χ2n) is 5.84. The first-order chi connectivity index (χ1) is 9.97. The Hall–Kier alpha value is -2.21. The Morgan fingerprint density at radius 3 is 2.71 bits per heavy atom. The van der Waals surface area contributed by atoms with Crippen molar-refractivity contribution in [2.75, 3.05) is 0 Å². The number of benzene rings is 1. The lowest BCUT2D eigenvalue weighted by Gasteiger charge is -2.31. The number of carbonyl (C=O) groups excluding carboxylic acids is 1. The van der Waals surface area contributed by atoms with Crippen LogP contribution in [0.3, 0.4) is 0 Å². The molecule has 1 aliphatic carbocycles. The first kappa shape index (κ1) is 12.5. The van der Waals surface area contributed by atoms with Crippen molar-refractivity contribution < 1.29 is 19.2 Å². The molecule has 2 bridgehead atoms. The summed E-state index contributed by atoms with van der Waals surface area (Å²) in [6.07, 6.45) is 4.85. The maximum absolute atomic E-state index is 12.4. The summed E-state index contributed by atoms with van der Waals surface area (Å²) in [4.78, 5) is 22.7. The summed E-state index contributed by atoms with van der Waals surface area (Å²) >= 11 is 0. The van der Waals surface area contributed by atoms with Gasteiger partial charge in [0.25, 0.3) is 5.69 Å². The van der Waals surface area contributed by atoms with Gasteiger partial charge in [-0.3, -0.25) is 10.1 Å². The van der Waals surface area contributed by atoms with Crippen LogP contribution >= 0.6 is 0 Å². The van der Waals surface area contributed by atoms with Gasteiger partial charge in [-0.1, -0.05) is 12.2 Å². The first-order valence-corrected chi connectivity index (χ1v) is 6.82. The molecule has 2 fully saturated rings. The summed E-state index contributed by atoms with van der Waals surface area (Å²) in [6, 6.07) is 5.95. The number of nitrogens with zero attached hydrogens (tertiary/aromatic N) is 1. The van der Waals surface area contributed by atoms with Crippen molar-refractivity contribution in [3.05, 3.63) is 52.1 Å². The quantitative estimate of drug-likeness (QED) is 0.361. The van der Waals surface area contributed by atoms with Crippen molar-refractivity contribution >= 4 is 11.7 Å². The molecule has 2 aliphatic heterocycles. The highest BCUT2D eigenvalue weighted by molar-refractivity contribution is 5.86. The lowest BCUT2D eigenvalue weighted by Crippen LogP contribution is -2.44. The van der Waals surface area contributed by atoms with E-state index in [0.29, 0.717) is 5.56 Å². The van der Waals surface area contributed by atoms with Gasteiger partial charge in [-0.05, 0) is 24.1 Å². The van der Waals surface area contributed by atoms with E-state index in [1.54, 1.807) is 19.1 Å². The van der Waals surface area contributed by atoms with Gasteiger partial charge in [0, 0.05) is 30.9 Å². The molecule has 0 radical (unpaired) electrons. The van der Waals surface area contributed by atoms with Crippen LogP contribution in [0.1, 0.15) is 18.9 Å². The third-order valence-electron chi connectivity index (χ3n) is 4.78. The Balaban J connectivity index is 1.84. The number of fused-ring (bicyclic) bond motifs is 5. The number of hydrogen-bond acceptors (Lipinski definition) is 5. The van der Waals surface area contributed by atoms with Crippen molar-refractivity contribution in [3.8, 4) is 0 Å². The Labute approximate surface area is 120 Å². The minimum absolute atomic E-state index is 0.0132. The zero-order chi connectivity index (χ0) is 14.8. The van der Waals surface area contributed by atoms with E-state index in [1.165, 1.54) is 12.1 Å². The number of non-ortho nitro benzene ring substituents is 1. The summed E-state index contributed by atoms with van der Waals surface area (Å²) in [7, 11) is 0. The molecule has 2 heterocycles. The number of ether oxygens (including phenoxy) is 2. The summed E-state index contributed by atoms with van der Waals surface area (Å²) in [5.41, 5.74) is -0.566. The maximum atomic E-state index is 12.4. The van der Waals surface area contributed by atoms with E-state index in [-0.39, 0.29) is 17.5 Å². The zero-order valence-corrected chi connectivity index (χ0v) is 11.3. The molecule has 3 aliphatic rings. The molecule has 0 saturated carbocycles. The summed E-state index contributed by atoms with van der Waals surface area (Å²) < 4.78 is 11.5. The maximum Gasteiger partial charge on any atom is 0.346 e. The normalized spacial score (nSPS) is 39.4. The van der Waals surface area contributed by atoms with Gasteiger partial charge < -0.3 is 9.47 Å². The molecule has 21 heavy (non-hydrogen) atoms. The molecule has 4 atom stereocenters. The van der Waals surface area contributed by atoms with Crippen LogP contribution in [-0.2, 0) is 19.9 Å². The van der Waals surface area contributed by atoms with Gasteiger partial charge in [-0.15, -0.1) is 0 Å². The number of hydrogen-bond donors (Lipinski definition) is 0. The SMILES string of the molecule is C[C@]12OC(=O)[C@](c3ccc([N+](=O)[O-])cc3)(O1)[C@@H]1C=CC[C@@H]12. The minimum Gasteiger partial charge on any atom is -0.431 e. The molecule has 1 aromatic rings. The highest BCUT2D eigenvalue weighted by atomic mass is 16.8. The fourth-order valence-corrected chi connectivity index (χ4v) is 3.81.